The highest BCUT2D eigenvalue weighted by Gasteiger charge is 2.33. The van der Waals surface area contributed by atoms with Crippen molar-refractivity contribution < 1.29 is 0 Å². The molecule has 0 amide bonds. The van der Waals surface area contributed by atoms with Crippen molar-refractivity contribution in [1.82, 2.24) is 5.32 Å². The number of allylic oxidation sites excluding steroid dienone is 6. The Morgan fingerprint density at radius 2 is 1.21 bits per heavy atom. The molecule has 0 saturated carbocycles. The summed E-state index contributed by atoms with van der Waals surface area (Å²) in [6, 6.07) is 45.3. The van der Waals surface area contributed by atoms with E-state index in [1.807, 2.05) is 0 Å². The third kappa shape index (κ3) is 5.31. The van der Waals surface area contributed by atoms with Gasteiger partial charge in [0.25, 0.3) is 0 Å². The van der Waals surface area contributed by atoms with E-state index in [0.29, 0.717) is 5.92 Å². The standard InChI is InChI=1S/C51H41N/c1-2-14-35(15-3-1)40-21-10-23-42-41(40)22-11-24-43(42)51-46-19-8-6-17-44(46)50(45-18-7-9-20-47(45)51)37-30-28-36(29-31-37)48-25-12-26-49(52-48)39-32-27-34-13-4-5-16-38(34)33-39/h1-10,12-23,25-31,33,39,44,46,49,52H,11,24,32H2. The van der Waals surface area contributed by atoms with E-state index in [1.165, 1.54) is 76.0 Å². The molecule has 0 bridgehead atoms. The first kappa shape index (κ1) is 30.9. The largest absolute Gasteiger partial charge is 0.378 e. The fourth-order valence-electron chi connectivity index (χ4n) is 9.34. The lowest BCUT2D eigenvalue weighted by Gasteiger charge is -2.35. The van der Waals surface area contributed by atoms with E-state index < -0.39 is 0 Å². The Labute approximate surface area is 305 Å². The molecule has 250 valence electrons. The summed E-state index contributed by atoms with van der Waals surface area (Å²) in [5, 5.41) is 12.1. The smallest absolute Gasteiger partial charge is 0.0513 e. The third-order valence-electron chi connectivity index (χ3n) is 11.8. The molecule has 5 aromatic rings. The number of dihydropyridines is 1. The average molecular weight is 668 g/mol. The van der Waals surface area contributed by atoms with Gasteiger partial charge in [-0.05, 0) is 95.6 Å². The SMILES string of the molecule is C1=CC(C2C=c3ccccc3=CC2)NC(c2ccc(C3=c4ccccc4=C(C4=c5cccc(-c6ccccc6)c5=CCC4)C4C=CC=CC34)cc2)=C1. The van der Waals surface area contributed by atoms with Crippen LogP contribution in [0.25, 0.3) is 51.8 Å². The first-order chi connectivity index (χ1) is 25.8. The van der Waals surface area contributed by atoms with Gasteiger partial charge >= 0.3 is 0 Å². The molecule has 0 aromatic heterocycles. The molecule has 1 heteroatoms. The fraction of sp³-hybridized carbons (Fsp3) is 0.137. The average Bonchev–Trinajstić information content (AvgIpc) is 3.22. The van der Waals surface area contributed by atoms with E-state index >= 15 is 0 Å². The van der Waals surface area contributed by atoms with Gasteiger partial charge in [0.1, 0.15) is 0 Å². The zero-order valence-electron chi connectivity index (χ0n) is 29.3. The second-order valence-electron chi connectivity index (χ2n) is 14.7. The molecule has 5 aromatic carbocycles. The van der Waals surface area contributed by atoms with E-state index in [2.05, 4.69) is 187 Å². The molecule has 0 radical (unpaired) electrons. The molecule has 0 fully saturated rings. The molecule has 5 aliphatic rings. The van der Waals surface area contributed by atoms with Crippen LogP contribution < -0.4 is 36.6 Å². The molecular formula is C51H41N. The summed E-state index contributed by atoms with van der Waals surface area (Å²) in [5.41, 5.74) is 10.7. The molecule has 4 atom stereocenters. The van der Waals surface area contributed by atoms with Crippen molar-refractivity contribution in [3.8, 4) is 11.1 Å². The maximum absolute atomic E-state index is 3.88. The van der Waals surface area contributed by atoms with Crippen LogP contribution in [0.5, 0.6) is 0 Å². The maximum Gasteiger partial charge on any atom is 0.0513 e. The lowest BCUT2D eigenvalue weighted by molar-refractivity contribution is 0.561. The van der Waals surface area contributed by atoms with Gasteiger partial charge < -0.3 is 5.32 Å². The molecule has 0 spiro atoms. The highest BCUT2D eigenvalue weighted by molar-refractivity contribution is 5.95. The first-order valence-electron chi connectivity index (χ1n) is 18.9. The van der Waals surface area contributed by atoms with Crippen molar-refractivity contribution in [2.45, 2.75) is 25.3 Å². The molecule has 4 aliphatic carbocycles. The second kappa shape index (κ2) is 13.0. The van der Waals surface area contributed by atoms with Crippen LogP contribution in [0, 0.1) is 17.8 Å². The lowest BCUT2D eigenvalue weighted by Crippen LogP contribution is -2.42. The number of benzene rings is 5. The minimum Gasteiger partial charge on any atom is -0.378 e. The molecule has 52 heavy (non-hydrogen) atoms. The molecule has 1 aliphatic heterocycles. The Balaban J connectivity index is 1.07. The van der Waals surface area contributed by atoms with Crippen LogP contribution in [-0.4, -0.2) is 6.04 Å². The molecule has 1 N–H and O–H groups in total. The second-order valence-corrected chi connectivity index (χ2v) is 14.7. The summed E-state index contributed by atoms with van der Waals surface area (Å²) in [5.74, 6) is 0.965. The first-order valence-corrected chi connectivity index (χ1v) is 18.9. The highest BCUT2D eigenvalue weighted by atomic mass is 14.9. The topological polar surface area (TPSA) is 12.0 Å². The summed E-state index contributed by atoms with van der Waals surface area (Å²) in [4.78, 5) is 0. The summed E-state index contributed by atoms with van der Waals surface area (Å²) < 4.78 is 0. The Morgan fingerprint density at radius 1 is 0.519 bits per heavy atom. The lowest BCUT2D eigenvalue weighted by atomic mass is 9.69. The van der Waals surface area contributed by atoms with Crippen molar-refractivity contribution in [2.24, 2.45) is 17.8 Å². The predicted molar refractivity (Wildman–Crippen MR) is 218 cm³/mol. The number of hydrogen-bond acceptors (Lipinski definition) is 1. The van der Waals surface area contributed by atoms with Gasteiger partial charge in [-0.25, -0.2) is 0 Å². The zero-order chi connectivity index (χ0) is 34.4. The van der Waals surface area contributed by atoms with Crippen molar-refractivity contribution >= 4 is 40.6 Å². The minimum absolute atomic E-state index is 0.264. The quantitative estimate of drug-likeness (QED) is 0.222. The number of hydrogen-bond donors (Lipinski definition) is 1. The molecular weight excluding hydrogens is 627 g/mol. The van der Waals surface area contributed by atoms with Gasteiger partial charge in [0.15, 0.2) is 0 Å². The zero-order valence-corrected chi connectivity index (χ0v) is 29.3. The number of nitrogens with one attached hydrogen (secondary N) is 1. The number of rotatable bonds is 5. The van der Waals surface area contributed by atoms with Gasteiger partial charge in [-0.3, -0.25) is 0 Å². The predicted octanol–water partition coefficient (Wildman–Crippen LogP) is 6.65. The van der Waals surface area contributed by atoms with Crippen LogP contribution >= 0.6 is 0 Å². The summed E-state index contributed by atoms with van der Waals surface area (Å²) in [6.45, 7) is 0. The van der Waals surface area contributed by atoms with E-state index in [4.69, 9.17) is 0 Å². The third-order valence-corrected chi connectivity index (χ3v) is 11.8. The highest BCUT2D eigenvalue weighted by Crippen LogP contribution is 2.42. The van der Waals surface area contributed by atoms with Crippen molar-refractivity contribution in [2.75, 3.05) is 0 Å². The Morgan fingerprint density at radius 3 is 2.04 bits per heavy atom. The van der Waals surface area contributed by atoms with Gasteiger partial charge in [0.2, 0.25) is 0 Å². The summed E-state index contributed by atoms with van der Waals surface area (Å²) >= 11 is 0. The van der Waals surface area contributed by atoms with Gasteiger partial charge in [0, 0.05) is 23.5 Å². The van der Waals surface area contributed by atoms with Crippen molar-refractivity contribution in [3.63, 3.8) is 0 Å². The summed E-state index contributed by atoms with van der Waals surface area (Å²) in [7, 11) is 0. The Kier molecular flexibility index (Phi) is 7.72. The van der Waals surface area contributed by atoms with E-state index in [0.717, 1.165) is 19.3 Å². The van der Waals surface area contributed by atoms with Gasteiger partial charge in [-0.2, -0.15) is 0 Å². The molecule has 1 heterocycles. The summed E-state index contributed by atoms with van der Waals surface area (Å²) in [6.07, 6.45) is 26.6. The van der Waals surface area contributed by atoms with E-state index in [9.17, 15) is 0 Å². The van der Waals surface area contributed by atoms with Gasteiger partial charge in [0.05, 0.1) is 6.04 Å². The van der Waals surface area contributed by atoms with Crippen LogP contribution in [0.15, 0.2) is 164 Å². The van der Waals surface area contributed by atoms with Gasteiger partial charge in [-0.15, -0.1) is 0 Å². The van der Waals surface area contributed by atoms with E-state index in [1.54, 1.807) is 0 Å². The van der Waals surface area contributed by atoms with Crippen LogP contribution in [0.1, 0.15) is 30.4 Å². The molecule has 10 rings (SSSR count). The maximum atomic E-state index is 3.88. The normalized spacial score (nSPS) is 22.4. The fourth-order valence-corrected chi connectivity index (χ4v) is 9.34. The number of fused-ring (bicyclic) bond motifs is 4. The van der Waals surface area contributed by atoms with Crippen LogP contribution in [0.2, 0.25) is 0 Å². The van der Waals surface area contributed by atoms with Crippen LogP contribution in [0.3, 0.4) is 0 Å². The monoisotopic (exact) mass is 667 g/mol. The van der Waals surface area contributed by atoms with Crippen molar-refractivity contribution in [1.29, 1.82) is 0 Å². The molecule has 1 nitrogen and oxygen atoms in total. The minimum atomic E-state index is 0.264. The molecule has 0 saturated heterocycles. The van der Waals surface area contributed by atoms with Crippen molar-refractivity contribution in [3.05, 3.63) is 206 Å². The van der Waals surface area contributed by atoms with Gasteiger partial charge in [-0.1, -0.05) is 176 Å². The van der Waals surface area contributed by atoms with Crippen LogP contribution in [0.4, 0.5) is 0 Å². The Bertz CT molecular complexity index is 2740. The Hall–Kier alpha value is -5.92. The van der Waals surface area contributed by atoms with Crippen LogP contribution in [-0.2, 0) is 0 Å². The van der Waals surface area contributed by atoms with E-state index in [-0.39, 0.29) is 17.9 Å². The molecule has 4 unspecified atom stereocenters.